The molecular formula is C17H22N2O2. The molecule has 1 aromatic carbocycles. The molecular weight excluding hydrogens is 264 g/mol. The number of carbonyl (C=O) groups excluding carboxylic acids is 2. The van der Waals surface area contributed by atoms with Gasteiger partial charge in [0.1, 0.15) is 12.1 Å². The quantitative estimate of drug-likeness (QED) is 0.902. The van der Waals surface area contributed by atoms with Gasteiger partial charge in [-0.1, -0.05) is 50.1 Å². The highest BCUT2D eigenvalue weighted by Gasteiger charge is 2.40. The molecule has 0 bridgehead atoms. The van der Waals surface area contributed by atoms with Crippen LogP contribution in [0.15, 0.2) is 30.3 Å². The predicted molar refractivity (Wildman–Crippen MR) is 80.5 cm³/mol. The zero-order chi connectivity index (χ0) is 14.8. The average Bonchev–Trinajstić information content (AvgIpc) is 3.32. The molecule has 4 nitrogen and oxygen atoms in total. The molecule has 112 valence electrons. The van der Waals surface area contributed by atoms with Gasteiger partial charge in [-0.2, -0.15) is 0 Å². The largest absolute Gasteiger partial charge is 0.342 e. The smallest absolute Gasteiger partial charge is 0.248 e. The average molecular weight is 286 g/mol. The number of hydrogen-bond acceptors (Lipinski definition) is 2. The lowest BCUT2D eigenvalue weighted by atomic mass is 9.98. The Hall–Kier alpha value is -1.84. The molecule has 1 aliphatic carbocycles. The molecule has 1 aromatic rings. The summed E-state index contributed by atoms with van der Waals surface area (Å²) < 4.78 is 0. The maximum atomic E-state index is 12.6. The number of piperazine rings is 1. The number of nitrogens with one attached hydrogen (secondary N) is 1. The van der Waals surface area contributed by atoms with E-state index in [1.807, 2.05) is 37.3 Å². The van der Waals surface area contributed by atoms with Crippen molar-refractivity contribution in [3.8, 4) is 0 Å². The second-order valence-corrected chi connectivity index (χ2v) is 6.05. The van der Waals surface area contributed by atoms with Crippen LogP contribution < -0.4 is 5.32 Å². The molecule has 1 N–H and O–H groups in total. The van der Waals surface area contributed by atoms with E-state index in [4.69, 9.17) is 0 Å². The Labute approximate surface area is 125 Å². The van der Waals surface area contributed by atoms with Gasteiger partial charge in [0, 0.05) is 6.54 Å². The molecule has 2 fully saturated rings. The topological polar surface area (TPSA) is 49.4 Å². The van der Waals surface area contributed by atoms with Crippen molar-refractivity contribution in [3.63, 3.8) is 0 Å². The van der Waals surface area contributed by atoms with Gasteiger partial charge >= 0.3 is 0 Å². The summed E-state index contributed by atoms with van der Waals surface area (Å²) in [4.78, 5) is 26.9. The summed E-state index contributed by atoms with van der Waals surface area (Å²) >= 11 is 0. The number of hydrogen-bond donors (Lipinski definition) is 1. The minimum absolute atomic E-state index is 0.0524. The summed E-state index contributed by atoms with van der Waals surface area (Å²) in [6, 6.07) is 8.77. The van der Waals surface area contributed by atoms with E-state index in [-0.39, 0.29) is 17.9 Å². The number of rotatable bonds is 5. The Morgan fingerprint density at radius 3 is 2.52 bits per heavy atom. The zero-order valence-corrected chi connectivity index (χ0v) is 12.4. The first-order valence-corrected chi connectivity index (χ1v) is 7.86. The molecule has 1 saturated heterocycles. The van der Waals surface area contributed by atoms with E-state index in [1.165, 1.54) is 12.8 Å². The van der Waals surface area contributed by atoms with Crippen molar-refractivity contribution in [1.29, 1.82) is 0 Å². The van der Waals surface area contributed by atoms with Crippen LogP contribution in [-0.2, 0) is 9.59 Å². The fourth-order valence-electron chi connectivity index (χ4n) is 2.99. The third-order valence-electron chi connectivity index (χ3n) is 4.46. The van der Waals surface area contributed by atoms with Gasteiger partial charge in [-0.3, -0.25) is 9.59 Å². The van der Waals surface area contributed by atoms with Crippen molar-refractivity contribution in [2.24, 2.45) is 5.92 Å². The summed E-state index contributed by atoms with van der Waals surface area (Å²) in [6.45, 7) is 2.62. The fraction of sp³-hybridized carbons (Fsp3) is 0.529. The van der Waals surface area contributed by atoms with Crippen molar-refractivity contribution in [2.45, 2.75) is 44.7 Å². The van der Waals surface area contributed by atoms with E-state index in [2.05, 4.69) is 5.32 Å². The van der Waals surface area contributed by atoms with Crippen LogP contribution in [0.5, 0.6) is 0 Å². The molecule has 3 rings (SSSR count). The van der Waals surface area contributed by atoms with E-state index in [0.717, 1.165) is 17.9 Å². The van der Waals surface area contributed by atoms with Crippen LogP contribution >= 0.6 is 0 Å². The van der Waals surface area contributed by atoms with Gasteiger partial charge in [-0.25, -0.2) is 0 Å². The molecule has 2 atom stereocenters. The summed E-state index contributed by atoms with van der Waals surface area (Å²) in [5, 5.41) is 2.87. The summed E-state index contributed by atoms with van der Waals surface area (Å²) in [6.07, 6.45) is 4.19. The highest BCUT2D eigenvalue weighted by atomic mass is 16.2. The van der Waals surface area contributed by atoms with E-state index < -0.39 is 6.04 Å². The minimum atomic E-state index is -0.472. The molecule has 0 spiro atoms. The number of amides is 2. The van der Waals surface area contributed by atoms with E-state index in [1.54, 1.807) is 4.90 Å². The highest BCUT2D eigenvalue weighted by Crippen LogP contribution is 2.34. The lowest BCUT2D eigenvalue weighted by molar-refractivity contribution is -0.149. The predicted octanol–water partition coefficient (Wildman–Crippen LogP) is 2.26. The molecule has 0 radical (unpaired) electrons. The van der Waals surface area contributed by atoms with E-state index in [9.17, 15) is 9.59 Å². The maximum Gasteiger partial charge on any atom is 0.248 e. The molecule has 1 aliphatic heterocycles. The van der Waals surface area contributed by atoms with Crippen molar-refractivity contribution < 1.29 is 9.59 Å². The van der Waals surface area contributed by atoms with Gasteiger partial charge in [-0.05, 0) is 24.3 Å². The van der Waals surface area contributed by atoms with Gasteiger partial charge in [0.05, 0.1) is 0 Å². The zero-order valence-electron chi connectivity index (χ0n) is 12.4. The van der Waals surface area contributed by atoms with Crippen LogP contribution in [0.3, 0.4) is 0 Å². The van der Waals surface area contributed by atoms with Crippen LogP contribution in [0, 0.1) is 5.92 Å². The van der Waals surface area contributed by atoms with Crippen molar-refractivity contribution in [1.82, 2.24) is 10.2 Å². The van der Waals surface area contributed by atoms with Gasteiger partial charge in [0.15, 0.2) is 0 Å². The molecule has 0 aromatic heterocycles. The fourth-order valence-corrected chi connectivity index (χ4v) is 2.99. The number of nitrogens with zero attached hydrogens (tertiary/aromatic N) is 1. The molecule has 4 heteroatoms. The van der Waals surface area contributed by atoms with Crippen LogP contribution in [0.4, 0.5) is 0 Å². The van der Waals surface area contributed by atoms with E-state index in [0.29, 0.717) is 13.0 Å². The first kappa shape index (κ1) is 14.1. The normalized spacial score (nSPS) is 25.9. The Balaban J connectivity index is 1.85. The number of carbonyl (C=O) groups is 2. The summed E-state index contributed by atoms with van der Waals surface area (Å²) in [7, 11) is 0. The Kier molecular flexibility index (Phi) is 3.95. The monoisotopic (exact) mass is 286 g/mol. The second-order valence-electron chi connectivity index (χ2n) is 6.05. The Bertz CT molecular complexity index is 525. The summed E-state index contributed by atoms with van der Waals surface area (Å²) in [5.41, 5.74) is 0.897. The lowest BCUT2D eigenvalue weighted by Gasteiger charge is -2.39. The van der Waals surface area contributed by atoms with Crippen molar-refractivity contribution >= 4 is 11.8 Å². The van der Waals surface area contributed by atoms with Crippen molar-refractivity contribution in [2.75, 3.05) is 6.54 Å². The maximum absolute atomic E-state index is 12.6. The second kappa shape index (κ2) is 5.88. The van der Waals surface area contributed by atoms with Crippen LogP contribution in [0.25, 0.3) is 0 Å². The molecule has 2 unspecified atom stereocenters. The van der Waals surface area contributed by atoms with Gasteiger partial charge in [-0.15, -0.1) is 0 Å². The molecule has 21 heavy (non-hydrogen) atoms. The van der Waals surface area contributed by atoms with Gasteiger partial charge in [0.25, 0.3) is 0 Å². The Morgan fingerprint density at radius 1 is 1.19 bits per heavy atom. The third kappa shape index (κ3) is 2.94. The highest BCUT2D eigenvalue weighted by molar-refractivity contribution is 5.97. The standard InChI is InChI=1S/C17H22N2O2/c1-2-14-17(21)19(11-10-12-8-9-12)15(16(20)18-14)13-6-4-3-5-7-13/h3-7,12,14-15H,2,8-11H2,1H3,(H,18,20). The van der Waals surface area contributed by atoms with Gasteiger partial charge < -0.3 is 10.2 Å². The van der Waals surface area contributed by atoms with Gasteiger partial charge in [0.2, 0.25) is 11.8 Å². The minimum Gasteiger partial charge on any atom is -0.342 e. The Morgan fingerprint density at radius 2 is 1.90 bits per heavy atom. The van der Waals surface area contributed by atoms with E-state index >= 15 is 0 Å². The van der Waals surface area contributed by atoms with Crippen LogP contribution in [-0.4, -0.2) is 29.3 Å². The first-order chi connectivity index (χ1) is 10.2. The van der Waals surface area contributed by atoms with Crippen molar-refractivity contribution in [3.05, 3.63) is 35.9 Å². The first-order valence-electron chi connectivity index (χ1n) is 7.86. The molecule has 1 saturated carbocycles. The molecule has 2 amide bonds. The molecule has 2 aliphatic rings. The number of benzene rings is 1. The van der Waals surface area contributed by atoms with Crippen LogP contribution in [0.2, 0.25) is 0 Å². The molecule has 1 heterocycles. The van der Waals surface area contributed by atoms with Crippen LogP contribution in [0.1, 0.15) is 44.2 Å². The third-order valence-corrected chi connectivity index (χ3v) is 4.46. The lowest BCUT2D eigenvalue weighted by Crippen LogP contribution is -2.59. The summed E-state index contributed by atoms with van der Waals surface area (Å²) in [5.74, 6) is 0.759. The SMILES string of the molecule is CCC1NC(=O)C(c2ccccc2)N(CCC2CC2)C1=O.